The third-order valence-corrected chi connectivity index (χ3v) is 13.9. The van der Waals surface area contributed by atoms with Gasteiger partial charge in [0.2, 0.25) is 11.8 Å². The highest BCUT2D eigenvalue weighted by molar-refractivity contribution is 7.90. The lowest BCUT2D eigenvalue weighted by Gasteiger charge is -2.25. The fourth-order valence-electron chi connectivity index (χ4n) is 8.54. The van der Waals surface area contributed by atoms with Gasteiger partial charge in [-0.15, -0.1) is 0 Å². The number of nitrogens with two attached hydrogens (primary N) is 2. The van der Waals surface area contributed by atoms with Gasteiger partial charge in [0, 0.05) is 53.7 Å². The molecule has 2 amide bonds. The number of nitrogen functional groups attached to an aromatic ring is 1. The van der Waals surface area contributed by atoms with Crippen LogP contribution in [0.4, 0.5) is 16.2 Å². The van der Waals surface area contributed by atoms with Crippen LogP contribution in [0.5, 0.6) is 11.8 Å². The molecule has 2 aromatic carbocycles. The average molecular weight is 909 g/mol. The molecular formula is C45H52N10O7S2. The standard InChI is InChI=1S/C23H25N5O4S.C22H27N5O3S/c1-14-11-15-5-4-6-17(15)21-20(14)16-7-9-24-18(12-16)32-13-23(2,3)28-10-8-19(26-28)33(30,31)27-22(29)25-21;1-14-11-15-5-4-6-17(15)21(23)20(14)16-7-9-25-18(12-16)30-13-22(2,3)27-10-8-19(26-27)31(24,28)29/h7-12H,4-6,13H2,1-3H3,(H2,25,27,29);7-12H,4-6,13,23H2,1-3H3,(H2,24,28,29). The number of amides is 2. The lowest BCUT2D eigenvalue weighted by molar-refractivity contribution is 0.164. The minimum Gasteiger partial charge on any atom is -0.475 e. The van der Waals surface area contributed by atoms with Gasteiger partial charge in [-0.05, 0) is 149 Å². The van der Waals surface area contributed by atoms with Crippen LogP contribution in [0, 0.1) is 13.8 Å². The van der Waals surface area contributed by atoms with Crippen LogP contribution in [0.2, 0.25) is 0 Å². The maximum atomic E-state index is 12.9. The first-order valence-electron chi connectivity index (χ1n) is 20.9. The SMILES string of the molecule is Cc1cc2c(c(N)c1-c1ccnc(OCC(C)(C)n3ccc(S(N)(=O)=O)n3)c1)CCC2.Cc1cc2c(c3c1-c1ccnc(c1)OCC(C)(C)n1ccc(n1)S(=O)(=O)NC(=O)N3)CCC2. The van der Waals surface area contributed by atoms with E-state index in [1.807, 2.05) is 58.9 Å². The monoisotopic (exact) mass is 908 g/mol. The highest BCUT2D eigenvalue weighted by Crippen LogP contribution is 2.42. The predicted octanol–water partition coefficient (Wildman–Crippen LogP) is 6.17. The molecule has 0 unspecified atom stereocenters. The Bertz CT molecular complexity index is 3030. The summed E-state index contributed by atoms with van der Waals surface area (Å²) in [5.41, 5.74) is 17.3. The first kappa shape index (κ1) is 44.3. The molecule has 17 nitrogen and oxygen atoms in total. The van der Waals surface area contributed by atoms with E-state index in [0.29, 0.717) is 17.4 Å². The number of hydrogen-bond acceptors (Lipinski definition) is 12. The summed E-state index contributed by atoms with van der Waals surface area (Å²) in [7, 11) is -8.02. The van der Waals surface area contributed by atoms with Gasteiger partial charge >= 0.3 is 6.03 Å². The zero-order chi connectivity index (χ0) is 45.8. The van der Waals surface area contributed by atoms with Crippen molar-refractivity contribution in [3.63, 3.8) is 0 Å². The van der Waals surface area contributed by atoms with Crippen molar-refractivity contribution in [1.29, 1.82) is 0 Å². The first-order chi connectivity index (χ1) is 30.2. The molecule has 5 heterocycles. The zero-order valence-electron chi connectivity index (χ0n) is 36.6. The van der Waals surface area contributed by atoms with Gasteiger partial charge in [-0.1, -0.05) is 12.1 Å². The topological polar surface area (TPSA) is 241 Å². The number of benzene rings is 2. The number of nitrogens with zero attached hydrogens (tertiary/aromatic N) is 6. The van der Waals surface area contributed by atoms with Crippen LogP contribution in [0.3, 0.4) is 0 Å². The van der Waals surface area contributed by atoms with E-state index < -0.39 is 37.2 Å². The molecule has 0 spiro atoms. The number of fused-ring (bicyclic) bond motifs is 9. The third-order valence-electron chi connectivity index (χ3n) is 11.8. The molecule has 9 rings (SSSR count). The Morgan fingerprint density at radius 3 is 2.23 bits per heavy atom. The summed E-state index contributed by atoms with van der Waals surface area (Å²) in [4.78, 5) is 21.6. The van der Waals surface area contributed by atoms with Gasteiger partial charge in [0.05, 0.1) is 16.8 Å². The van der Waals surface area contributed by atoms with Crippen molar-refractivity contribution in [1.82, 2.24) is 34.3 Å². The Kier molecular flexibility index (Phi) is 11.5. The lowest BCUT2D eigenvalue weighted by Crippen LogP contribution is -2.36. The van der Waals surface area contributed by atoms with Crippen molar-refractivity contribution < 1.29 is 31.1 Å². The smallest absolute Gasteiger partial charge is 0.333 e. The van der Waals surface area contributed by atoms with Gasteiger partial charge in [0.25, 0.3) is 20.0 Å². The number of pyridine rings is 2. The summed E-state index contributed by atoms with van der Waals surface area (Å²) < 4.78 is 65.8. The highest BCUT2D eigenvalue weighted by Gasteiger charge is 2.30. The Balaban J connectivity index is 0.000000175. The summed E-state index contributed by atoms with van der Waals surface area (Å²) in [6.07, 6.45) is 12.4. The summed E-state index contributed by atoms with van der Waals surface area (Å²) in [6, 6.07) is 13.8. The minimum absolute atomic E-state index is 0.178. The quantitative estimate of drug-likeness (QED) is 0.137. The van der Waals surface area contributed by atoms with Gasteiger partial charge < -0.3 is 20.5 Å². The number of hydrogen-bond donors (Lipinski definition) is 4. The van der Waals surface area contributed by atoms with Crippen LogP contribution >= 0.6 is 0 Å². The summed E-state index contributed by atoms with van der Waals surface area (Å²) in [5.74, 6) is 0.898. The Morgan fingerprint density at radius 1 is 0.875 bits per heavy atom. The van der Waals surface area contributed by atoms with E-state index in [1.165, 1.54) is 38.2 Å². The largest absolute Gasteiger partial charge is 0.475 e. The molecule has 4 aromatic heterocycles. The van der Waals surface area contributed by atoms with E-state index in [1.54, 1.807) is 24.8 Å². The molecule has 6 N–H and O–H groups in total. The number of rotatable bonds is 6. The zero-order valence-corrected chi connectivity index (χ0v) is 38.2. The minimum atomic E-state index is -4.17. The predicted molar refractivity (Wildman–Crippen MR) is 242 cm³/mol. The van der Waals surface area contributed by atoms with Crippen LogP contribution in [0.25, 0.3) is 22.3 Å². The van der Waals surface area contributed by atoms with E-state index >= 15 is 0 Å². The van der Waals surface area contributed by atoms with E-state index in [4.69, 9.17) is 20.3 Å². The molecule has 336 valence electrons. The highest BCUT2D eigenvalue weighted by atomic mass is 32.2. The summed E-state index contributed by atoms with van der Waals surface area (Å²) >= 11 is 0. The van der Waals surface area contributed by atoms with Crippen molar-refractivity contribution in [2.45, 2.75) is 101 Å². The fourth-order valence-corrected chi connectivity index (χ4v) is 9.82. The van der Waals surface area contributed by atoms with Crippen LogP contribution in [-0.2, 0) is 56.8 Å². The maximum absolute atomic E-state index is 12.9. The van der Waals surface area contributed by atoms with Gasteiger partial charge in [-0.25, -0.2) is 33.0 Å². The normalized spacial score (nSPS) is 16.3. The number of carbonyl (C=O) groups is 1. The lowest BCUT2D eigenvalue weighted by atomic mass is 9.93. The molecule has 64 heavy (non-hydrogen) atoms. The first-order valence-corrected chi connectivity index (χ1v) is 24.0. The summed E-state index contributed by atoms with van der Waals surface area (Å²) in [5, 5.41) is 15.8. The molecule has 0 fully saturated rings. The number of aromatic nitrogens is 6. The number of anilines is 2. The molecule has 6 aromatic rings. The van der Waals surface area contributed by atoms with Gasteiger partial charge in [0.1, 0.15) is 13.2 Å². The second kappa shape index (κ2) is 16.7. The molecule has 3 aliphatic rings. The van der Waals surface area contributed by atoms with E-state index in [9.17, 15) is 21.6 Å². The van der Waals surface area contributed by atoms with Gasteiger partial charge in [0.15, 0.2) is 10.1 Å². The molecule has 0 saturated carbocycles. The average Bonchev–Trinajstić information content (AvgIpc) is 4.07. The number of nitrogens with one attached hydrogen (secondary N) is 2. The number of primary sulfonamides is 1. The maximum Gasteiger partial charge on any atom is 0.333 e. The van der Waals surface area contributed by atoms with Crippen LogP contribution in [0.15, 0.2) is 83.4 Å². The Morgan fingerprint density at radius 2 is 1.53 bits per heavy atom. The Hall–Kier alpha value is -6.31. The van der Waals surface area contributed by atoms with E-state index in [-0.39, 0.29) is 23.3 Å². The third kappa shape index (κ3) is 8.91. The molecular weight excluding hydrogens is 857 g/mol. The molecule has 0 saturated heterocycles. The molecule has 19 heteroatoms. The van der Waals surface area contributed by atoms with E-state index in [2.05, 4.69) is 49.3 Å². The van der Waals surface area contributed by atoms with Crippen LogP contribution in [-0.4, -0.2) is 65.6 Å². The second-order valence-electron chi connectivity index (χ2n) is 17.7. The van der Waals surface area contributed by atoms with Crippen LogP contribution < -0.4 is 30.4 Å². The number of urea groups is 1. The number of sulfonamides is 2. The van der Waals surface area contributed by atoms with Gasteiger partial charge in [-0.3, -0.25) is 9.36 Å². The Labute approximate surface area is 372 Å². The van der Waals surface area contributed by atoms with Crippen molar-refractivity contribution in [2.24, 2.45) is 5.14 Å². The molecule has 2 aliphatic carbocycles. The molecule has 0 atom stereocenters. The molecule has 0 radical (unpaired) electrons. The van der Waals surface area contributed by atoms with Crippen molar-refractivity contribution in [3.05, 3.63) is 107 Å². The second-order valence-corrected chi connectivity index (χ2v) is 20.8. The molecule has 4 bridgehead atoms. The van der Waals surface area contributed by atoms with E-state index in [0.717, 1.165) is 83.2 Å². The number of aryl methyl sites for hydroxylation is 4. The fraction of sp³-hybridized carbons (Fsp3) is 0.356. The van der Waals surface area contributed by atoms with Crippen molar-refractivity contribution >= 4 is 37.5 Å². The van der Waals surface area contributed by atoms with Crippen LogP contribution in [0.1, 0.15) is 73.9 Å². The number of ether oxygens (including phenoxy) is 2. The van der Waals surface area contributed by atoms with Crippen molar-refractivity contribution in [3.8, 4) is 34.0 Å². The molecule has 1 aliphatic heterocycles. The number of carbonyl (C=O) groups excluding carboxylic acids is 1. The van der Waals surface area contributed by atoms with Crippen molar-refractivity contribution in [2.75, 3.05) is 24.3 Å². The van der Waals surface area contributed by atoms with Gasteiger partial charge in [-0.2, -0.15) is 18.6 Å². The summed E-state index contributed by atoms with van der Waals surface area (Å²) in [6.45, 7) is 12.0.